The van der Waals surface area contributed by atoms with Gasteiger partial charge < -0.3 is 5.32 Å². The van der Waals surface area contributed by atoms with Crippen molar-refractivity contribution in [2.75, 3.05) is 5.32 Å². The molecule has 0 aliphatic carbocycles. The molecule has 1 aromatic carbocycles. The van der Waals surface area contributed by atoms with Crippen molar-refractivity contribution < 1.29 is 0 Å². The summed E-state index contributed by atoms with van der Waals surface area (Å²) in [6.45, 7) is 2.81. The first kappa shape index (κ1) is 9.71. The van der Waals surface area contributed by atoms with Crippen LogP contribution in [-0.2, 0) is 6.54 Å². The third kappa shape index (κ3) is 2.81. The van der Waals surface area contributed by atoms with Crippen LogP contribution in [0.3, 0.4) is 0 Å². The number of nitrogens with zero attached hydrogens (tertiary/aromatic N) is 1. The number of aromatic nitrogens is 1. The Hall–Kier alpha value is -1.83. The monoisotopic (exact) mass is 198 g/mol. The minimum atomic E-state index is 0.817. The van der Waals surface area contributed by atoms with Crippen molar-refractivity contribution >= 4 is 5.82 Å². The summed E-state index contributed by atoms with van der Waals surface area (Å²) < 4.78 is 0. The number of hydrogen-bond acceptors (Lipinski definition) is 2. The Morgan fingerprint density at radius 1 is 1.00 bits per heavy atom. The van der Waals surface area contributed by atoms with Crippen LogP contribution in [0.15, 0.2) is 48.5 Å². The van der Waals surface area contributed by atoms with E-state index >= 15 is 0 Å². The lowest BCUT2D eigenvalue weighted by atomic mass is 10.2. The first-order chi connectivity index (χ1) is 7.34. The summed E-state index contributed by atoms with van der Waals surface area (Å²) >= 11 is 0. The highest BCUT2D eigenvalue weighted by Crippen LogP contribution is 2.06. The Morgan fingerprint density at radius 2 is 1.80 bits per heavy atom. The van der Waals surface area contributed by atoms with Crippen molar-refractivity contribution in [2.45, 2.75) is 13.5 Å². The van der Waals surface area contributed by atoms with Gasteiger partial charge in [0.15, 0.2) is 0 Å². The van der Waals surface area contributed by atoms with Gasteiger partial charge in [0.05, 0.1) is 0 Å². The molecule has 0 unspecified atom stereocenters. The van der Waals surface area contributed by atoms with Gasteiger partial charge >= 0.3 is 0 Å². The molecule has 2 rings (SSSR count). The van der Waals surface area contributed by atoms with Crippen LogP contribution < -0.4 is 5.32 Å². The molecule has 76 valence electrons. The van der Waals surface area contributed by atoms with E-state index in [0.717, 1.165) is 18.1 Å². The summed E-state index contributed by atoms with van der Waals surface area (Å²) in [5, 5.41) is 3.29. The Kier molecular flexibility index (Phi) is 2.98. The summed E-state index contributed by atoms with van der Waals surface area (Å²) in [5.41, 5.74) is 2.30. The molecule has 2 nitrogen and oxygen atoms in total. The van der Waals surface area contributed by atoms with E-state index < -0.39 is 0 Å². The van der Waals surface area contributed by atoms with Gasteiger partial charge in [-0.15, -0.1) is 0 Å². The van der Waals surface area contributed by atoms with Crippen LogP contribution in [0.5, 0.6) is 0 Å². The molecule has 1 heterocycles. The maximum atomic E-state index is 4.38. The first-order valence-electron chi connectivity index (χ1n) is 5.06. The maximum absolute atomic E-state index is 4.38. The maximum Gasteiger partial charge on any atom is 0.126 e. The topological polar surface area (TPSA) is 24.9 Å². The van der Waals surface area contributed by atoms with E-state index in [1.807, 2.05) is 43.3 Å². The summed E-state index contributed by atoms with van der Waals surface area (Å²) in [4.78, 5) is 4.38. The Morgan fingerprint density at radius 3 is 2.53 bits per heavy atom. The van der Waals surface area contributed by atoms with E-state index in [0.29, 0.717) is 0 Å². The fraction of sp³-hybridized carbons (Fsp3) is 0.154. The quantitative estimate of drug-likeness (QED) is 0.820. The van der Waals surface area contributed by atoms with Gasteiger partial charge in [0.1, 0.15) is 5.82 Å². The highest BCUT2D eigenvalue weighted by molar-refractivity contribution is 5.36. The van der Waals surface area contributed by atoms with Crippen LogP contribution in [0.2, 0.25) is 0 Å². The van der Waals surface area contributed by atoms with Crippen LogP contribution in [0.4, 0.5) is 5.82 Å². The van der Waals surface area contributed by atoms with Gasteiger partial charge in [-0.2, -0.15) is 0 Å². The van der Waals surface area contributed by atoms with Gasteiger partial charge in [-0.1, -0.05) is 36.4 Å². The van der Waals surface area contributed by atoms with E-state index in [1.165, 1.54) is 5.56 Å². The van der Waals surface area contributed by atoms with E-state index in [2.05, 4.69) is 22.4 Å². The molecule has 0 atom stereocenters. The normalized spacial score (nSPS) is 9.93. The summed E-state index contributed by atoms with van der Waals surface area (Å²) in [6.07, 6.45) is 0. The summed E-state index contributed by atoms with van der Waals surface area (Å²) in [5.74, 6) is 0.929. The molecule has 0 fully saturated rings. The minimum absolute atomic E-state index is 0.817. The van der Waals surface area contributed by atoms with E-state index in [4.69, 9.17) is 0 Å². The minimum Gasteiger partial charge on any atom is -0.366 e. The molecule has 0 spiro atoms. The molecule has 0 aliphatic rings. The Balaban J connectivity index is 1.99. The molecule has 0 saturated carbocycles. The van der Waals surface area contributed by atoms with Crippen LogP contribution >= 0.6 is 0 Å². The largest absolute Gasteiger partial charge is 0.366 e. The number of hydrogen-bond donors (Lipinski definition) is 1. The molecular weight excluding hydrogens is 184 g/mol. The second-order valence-corrected chi connectivity index (χ2v) is 3.50. The number of pyridine rings is 1. The van der Waals surface area contributed by atoms with Gasteiger partial charge in [-0.3, -0.25) is 0 Å². The number of benzene rings is 1. The average molecular weight is 198 g/mol. The number of anilines is 1. The van der Waals surface area contributed by atoms with E-state index in [1.54, 1.807) is 0 Å². The molecule has 0 radical (unpaired) electrons. The zero-order valence-electron chi connectivity index (χ0n) is 8.77. The molecule has 1 N–H and O–H groups in total. The van der Waals surface area contributed by atoms with Gasteiger partial charge in [0.2, 0.25) is 0 Å². The van der Waals surface area contributed by atoms with Crippen LogP contribution in [0.1, 0.15) is 11.3 Å². The molecule has 0 amide bonds. The SMILES string of the molecule is Cc1cccc(NCc2ccccc2)n1. The predicted octanol–water partition coefficient (Wildman–Crippen LogP) is 3.00. The lowest BCUT2D eigenvalue weighted by Gasteiger charge is -2.05. The van der Waals surface area contributed by atoms with Crippen molar-refractivity contribution in [3.63, 3.8) is 0 Å². The summed E-state index contributed by atoms with van der Waals surface area (Å²) in [7, 11) is 0. The fourth-order valence-corrected chi connectivity index (χ4v) is 1.43. The number of nitrogens with one attached hydrogen (secondary N) is 1. The van der Waals surface area contributed by atoms with Crippen molar-refractivity contribution in [1.82, 2.24) is 4.98 Å². The number of aryl methyl sites for hydroxylation is 1. The second kappa shape index (κ2) is 4.60. The van der Waals surface area contributed by atoms with Crippen LogP contribution in [0.25, 0.3) is 0 Å². The molecule has 15 heavy (non-hydrogen) atoms. The molecule has 2 aromatic rings. The summed E-state index contributed by atoms with van der Waals surface area (Å²) in [6, 6.07) is 16.3. The van der Waals surface area contributed by atoms with E-state index in [-0.39, 0.29) is 0 Å². The highest BCUT2D eigenvalue weighted by Gasteiger charge is 1.94. The van der Waals surface area contributed by atoms with E-state index in [9.17, 15) is 0 Å². The average Bonchev–Trinajstić information content (AvgIpc) is 2.28. The predicted molar refractivity (Wildman–Crippen MR) is 62.7 cm³/mol. The lowest BCUT2D eigenvalue weighted by molar-refractivity contribution is 1.09. The highest BCUT2D eigenvalue weighted by atomic mass is 15.0. The molecular formula is C13H14N2. The molecule has 0 saturated heterocycles. The van der Waals surface area contributed by atoms with Gasteiger partial charge in [0, 0.05) is 12.2 Å². The molecule has 1 aromatic heterocycles. The zero-order chi connectivity index (χ0) is 10.5. The van der Waals surface area contributed by atoms with Crippen LogP contribution in [0, 0.1) is 6.92 Å². The second-order valence-electron chi connectivity index (χ2n) is 3.50. The molecule has 2 heteroatoms. The first-order valence-corrected chi connectivity index (χ1v) is 5.06. The van der Waals surface area contributed by atoms with Crippen molar-refractivity contribution in [3.05, 3.63) is 59.8 Å². The molecule has 0 aliphatic heterocycles. The van der Waals surface area contributed by atoms with Gasteiger partial charge in [-0.25, -0.2) is 4.98 Å². The lowest BCUT2D eigenvalue weighted by Crippen LogP contribution is -2.01. The Labute approximate surface area is 90.0 Å². The van der Waals surface area contributed by atoms with Gasteiger partial charge in [0.25, 0.3) is 0 Å². The van der Waals surface area contributed by atoms with Crippen molar-refractivity contribution in [1.29, 1.82) is 0 Å². The fourth-order valence-electron chi connectivity index (χ4n) is 1.43. The molecule has 0 bridgehead atoms. The third-order valence-electron chi connectivity index (χ3n) is 2.20. The zero-order valence-corrected chi connectivity index (χ0v) is 8.77. The van der Waals surface area contributed by atoms with Crippen LogP contribution in [-0.4, -0.2) is 4.98 Å². The standard InChI is InChI=1S/C13H14N2/c1-11-6-5-9-13(15-11)14-10-12-7-3-2-4-8-12/h2-9H,10H2,1H3,(H,14,15). The number of rotatable bonds is 3. The van der Waals surface area contributed by atoms with Gasteiger partial charge in [-0.05, 0) is 24.6 Å². The smallest absolute Gasteiger partial charge is 0.126 e. The van der Waals surface area contributed by atoms with Crippen molar-refractivity contribution in [3.8, 4) is 0 Å². The third-order valence-corrected chi connectivity index (χ3v) is 2.20. The Bertz CT molecular complexity index is 424. The van der Waals surface area contributed by atoms with Crippen molar-refractivity contribution in [2.24, 2.45) is 0 Å².